The van der Waals surface area contributed by atoms with Gasteiger partial charge < -0.3 is 14.8 Å². The monoisotopic (exact) mass is 422 g/mol. The smallest absolute Gasteiger partial charge is 0.278 e. The van der Waals surface area contributed by atoms with Gasteiger partial charge in [-0.05, 0) is 75.1 Å². The molecule has 2 aromatic rings. The van der Waals surface area contributed by atoms with Gasteiger partial charge in [-0.2, -0.15) is 0 Å². The molecule has 0 aliphatic carbocycles. The van der Waals surface area contributed by atoms with Crippen LogP contribution in [0.25, 0.3) is 5.57 Å². The Kier molecular flexibility index (Phi) is 7.47. The maximum atomic E-state index is 13.3. The van der Waals surface area contributed by atoms with E-state index in [1.54, 1.807) is 0 Å². The van der Waals surface area contributed by atoms with Crippen LogP contribution in [0.3, 0.4) is 0 Å². The number of carbonyl (C=O) groups excluding carboxylic acids is 2. The highest BCUT2D eigenvalue weighted by molar-refractivity contribution is 6.36. The van der Waals surface area contributed by atoms with E-state index in [1.165, 1.54) is 4.90 Å². The zero-order valence-electron chi connectivity index (χ0n) is 18.7. The summed E-state index contributed by atoms with van der Waals surface area (Å²) in [5.74, 6) is 0.157. The highest BCUT2D eigenvalue weighted by Gasteiger charge is 2.38. The van der Waals surface area contributed by atoms with Crippen LogP contribution in [0.15, 0.2) is 48.2 Å². The molecule has 1 heterocycles. The molecule has 0 bridgehead atoms. The number of imide groups is 1. The molecule has 164 valence electrons. The van der Waals surface area contributed by atoms with Crippen LogP contribution in [-0.4, -0.2) is 43.1 Å². The average molecular weight is 423 g/mol. The van der Waals surface area contributed by atoms with Gasteiger partial charge in [0, 0.05) is 25.4 Å². The van der Waals surface area contributed by atoms with Crippen LogP contribution in [0.5, 0.6) is 5.75 Å². The van der Waals surface area contributed by atoms with Crippen LogP contribution in [0.1, 0.15) is 37.0 Å². The highest BCUT2D eigenvalue weighted by Crippen LogP contribution is 2.32. The number of nitrogens with one attached hydrogen (secondary N) is 1. The van der Waals surface area contributed by atoms with Crippen molar-refractivity contribution in [1.29, 1.82) is 0 Å². The lowest BCUT2D eigenvalue weighted by Crippen LogP contribution is -2.34. The van der Waals surface area contributed by atoms with Gasteiger partial charge in [0.1, 0.15) is 11.4 Å². The molecule has 31 heavy (non-hydrogen) atoms. The van der Waals surface area contributed by atoms with Crippen LogP contribution < -0.4 is 10.1 Å². The quantitative estimate of drug-likeness (QED) is 0.456. The lowest BCUT2D eigenvalue weighted by Gasteiger charge is -2.15. The number of aryl methyl sites for hydroxylation is 2. The second-order valence-corrected chi connectivity index (χ2v) is 7.44. The first-order valence-electron chi connectivity index (χ1n) is 10.7. The van der Waals surface area contributed by atoms with Crippen LogP contribution in [-0.2, 0) is 14.3 Å². The van der Waals surface area contributed by atoms with Crippen LogP contribution in [0, 0.1) is 13.8 Å². The van der Waals surface area contributed by atoms with Crippen LogP contribution in [0.2, 0.25) is 0 Å². The van der Waals surface area contributed by atoms with Crippen molar-refractivity contribution in [3.05, 3.63) is 64.9 Å². The third-order valence-electron chi connectivity index (χ3n) is 5.27. The van der Waals surface area contributed by atoms with Crippen molar-refractivity contribution in [3.63, 3.8) is 0 Å². The van der Waals surface area contributed by atoms with Gasteiger partial charge in [-0.1, -0.05) is 18.2 Å². The van der Waals surface area contributed by atoms with Gasteiger partial charge in [-0.25, -0.2) is 0 Å². The molecule has 1 aliphatic heterocycles. The van der Waals surface area contributed by atoms with E-state index in [4.69, 9.17) is 9.47 Å². The maximum Gasteiger partial charge on any atom is 0.278 e. The highest BCUT2D eigenvalue weighted by atomic mass is 16.5. The van der Waals surface area contributed by atoms with Gasteiger partial charge in [0.05, 0.1) is 12.2 Å². The van der Waals surface area contributed by atoms with Crippen molar-refractivity contribution >= 4 is 23.1 Å². The van der Waals surface area contributed by atoms with Gasteiger partial charge in [0.25, 0.3) is 11.8 Å². The largest absolute Gasteiger partial charge is 0.494 e. The summed E-state index contributed by atoms with van der Waals surface area (Å²) in [6.45, 7) is 9.89. The van der Waals surface area contributed by atoms with Crippen molar-refractivity contribution in [3.8, 4) is 5.75 Å². The third kappa shape index (κ3) is 5.14. The van der Waals surface area contributed by atoms with E-state index < -0.39 is 0 Å². The van der Waals surface area contributed by atoms with E-state index in [0.717, 1.165) is 28.1 Å². The molecular formula is C25H30N2O4. The van der Waals surface area contributed by atoms with Crippen molar-refractivity contribution in [2.45, 2.75) is 34.1 Å². The van der Waals surface area contributed by atoms with Gasteiger partial charge in [-0.3, -0.25) is 14.5 Å². The van der Waals surface area contributed by atoms with Gasteiger partial charge in [0.2, 0.25) is 0 Å². The summed E-state index contributed by atoms with van der Waals surface area (Å²) in [6.07, 6.45) is 0.599. The molecule has 0 saturated heterocycles. The van der Waals surface area contributed by atoms with Crippen LogP contribution >= 0.6 is 0 Å². The number of ether oxygens (including phenoxy) is 2. The third-order valence-corrected chi connectivity index (χ3v) is 5.27. The molecule has 0 aromatic heterocycles. The maximum absolute atomic E-state index is 13.3. The Morgan fingerprint density at radius 2 is 1.65 bits per heavy atom. The molecule has 6 nitrogen and oxygen atoms in total. The molecule has 1 N–H and O–H groups in total. The fourth-order valence-electron chi connectivity index (χ4n) is 3.47. The molecule has 3 rings (SSSR count). The lowest BCUT2D eigenvalue weighted by atomic mass is 9.99. The average Bonchev–Trinajstić information content (AvgIpc) is 2.99. The van der Waals surface area contributed by atoms with Crippen molar-refractivity contribution in [2.24, 2.45) is 0 Å². The number of carbonyl (C=O) groups is 2. The Labute approximate surface area is 183 Å². The van der Waals surface area contributed by atoms with Gasteiger partial charge in [-0.15, -0.1) is 0 Å². The minimum Gasteiger partial charge on any atom is -0.494 e. The summed E-state index contributed by atoms with van der Waals surface area (Å²) in [5.41, 5.74) is 4.36. The number of hydrogen-bond acceptors (Lipinski definition) is 5. The second-order valence-electron chi connectivity index (χ2n) is 7.44. The van der Waals surface area contributed by atoms with Crippen molar-refractivity contribution in [2.75, 3.05) is 31.7 Å². The Morgan fingerprint density at radius 3 is 2.29 bits per heavy atom. The fourth-order valence-corrected chi connectivity index (χ4v) is 3.47. The Balaban J connectivity index is 1.93. The number of rotatable bonds is 10. The SMILES string of the molecule is CCOCCCN1C(=O)C(Nc2ccc(OCC)cc2)=C(c2ccc(C)c(C)c2)C1=O. The molecule has 0 saturated carbocycles. The van der Waals surface area contributed by atoms with E-state index in [-0.39, 0.29) is 11.8 Å². The summed E-state index contributed by atoms with van der Waals surface area (Å²) in [6, 6.07) is 13.2. The first-order valence-corrected chi connectivity index (χ1v) is 10.7. The number of hydrogen-bond donors (Lipinski definition) is 1. The van der Waals surface area contributed by atoms with Crippen molar-refractivity contribution < 1.29 is 19.1 Å². The first-order chi connectivity index (χ1) is 15.0. The van der Waals surface area contributed by atoms with Gasteiger partial charge >= 0.3 is 0 Å². The predicted octanol–water partition coefficient (Wildman–Crippen LogP) is 4.32. The Morgan fingerprint density at radius 1 is 0.903 bits per heavy atom. The molecule has 0 radical (unpaired) electrons. The topological polar surface area (TPSA) is 67.9 Å². The predicted molar refractivity (Wildman–Crippen MR) is 122 cm³/mol. The van der Waals surface area contributed by atoms with Gasteiger partial charge in [0.15, 0.2) is 0 Å². The molecule has 0 unspecified atom stereocenters. The molecule has 6 heteroatoms. The van der Waals surface area contributed by atoms with E-state index in [1.807, 2.05) is 70.2 Å². The lowest BCUT2D eigenvalue weighted by molar-refractivity contribution is -0.137. The molecule has 1 aliphatic rings. The summed E-state index contributed by atoms with van der Waals surface area (Å²) >= 11 is 0. The Hall–Kier alpha value is -3.12. The molecule has 2 amide bonds. The van der Waals surface area contributed by atoms with Crippen molar-refractivity contribution in [1.82, 2.24) is 4.90 Å². The summed E-state index contributed by atoms with van der Waals surface area (Å²) in [7, 11) is 0. The number of nitrogens with zero attached hydrogens (tertiary/aromatic N) is 1. The summed E-state index contributed by atoms with van der Waals surface area (Å²) < 4.78 is 10.9. The number of anilines is 1. The van der Waals surface area contributed by atoms with E-state index in [9.17, 15) is 9.59 Å². The van der Waals surface area contributed by atoms with E-state index in [0.29, 0.717) is 44.1 Å². The van der Waals surface area contributed by atoms with E-state index in [2.05, 4.69) is 5.32 Å². The minimum atomic E-state index is -0.316. The summed E-state index contributed by atoms with van der Waals surface area (Å²) in [5, 5.41) is 3.19. The zero-order chi connectivity index (χ0) is 22.4. The second kappa shape index (κ2) is 10.3. The minimum absolute atomic E-state index is 0.279. The molecule has 0 fully saturated rings. The molecule has 2 aromatic carbocycles. The first kappa shape index (κ1) is 22.6. The zero-order valence-corrected chi connectivity index (χ0v) is 18.7. The molecular weight excluding hydrogens is 392 g/mol. The van der Waals surface area contributed by atoms with Crippen LogP contribution in [0.4, 0.5) is 5.69 Å². The normalized spacial score (nSPS) is 13.9. The Bertz CT molecular complexity index is 980. The number of amides is 2. The standard InChI is InChI=1S/C25H30N2O4/c1-5-30-15-7-14-27-24(28)22(19-9-8-17(3)18(4)16-19)23(25(27)29)26-20-10-12-21(13-11-20)31-6-2/h8-13,16,26H,5-7,14-15H2,1-4H3. The molecule has 0 atom stereocenters. The number of benzene rings is 2. The fraction of sp³-hybridized carbons (Fsp3) is 0.360. The molecule has 0 spiro atoms. The van der Waals surface area contributed by atoms with E-state index >= 15 is 0 Å². The summed E-state index contributed by atoms with van der Waals surface area (Å²) in [4.78, 5) is 27.8.